The van der Waals surface area contributed by atoms with E-state index in [-0.39, 0.29) is 24.7 Å². The number of aromatic nitrogens is 1. The van der Waals surface area contributed by atoms with E-state index >= 15 is 0 Å². The number of halogens is 7. The summed E-state index contributed by atoms with van der Waals surface area (Å²) in [5.74, 6) is -3.20. The molecule has 1 aromatic carbocycles. The lowest BCUT2D eigenvalue weighted by Gasteiger charge is -2.60. The highest BCUT2D eigenvalue weighted by Gasteiger charge is 2.58. The van der Waals surface area contributed by atoms with Gasteiger partial charge in [-0.3, -0.25) is 4.79 Å². The van der Waals surface area contributed by atoms with Gasteiger partial charge in [-0.25, -0.2) is 0 Å². The maximum absolute atomic E-state index is 13.3. The fourth-order valence-corrected chi connectivity index (χ4v) is 5.03. The predicted molar refractivity (Wildman–Crippen MR) is 108 cm³/mol. The van der Waals surface area contributed by atoms with Crippen molar-refractivity contribution in [3.63, 3.8) is 0 Å². The van der Waals surface area contributed by atoms with Crippen LogP contribution in [0, 0.1) is 24.2 Å². The zero-order valence-electron chi connectivity index (χ0n) is 17.4. The number of carbonyl (C=O) groups is 1. The monoisotopic (exact) mass is 495 g/mol. The summed E-state index contributed by atoms with van der Waals surface area (Å²) in [6, 6.07) is 6.01. The molecule has 180 valence electrons. The summed E-state index contributed by atoms with van der Waals surface area (Å²) in [5.41, 5.74) is -1.03. The van der Waals surface area contributed by atoms with Gasteiger partial charge < -0.3 is 14.7 Å². The average Bonchev–Trinajstić information content (AvgIpc) is 3.01. The molecule has 1 unspecified atom stereocenters. The summed E-state index contributed by atoms with van der Waals surface area (Å²) in [4.78, 5) is 14.1. The predicted octanol–water partition coefficient (Wildman–Crippen LogP) is 6.08. The van der Waals surface area contributed by atoms with Crippen molar-refractivity contribution < 1.29 is 35.7 Å². The summed E-state index contributed by atoms with van der Waals surface area (Å²) in [5, 5.41) is 6.45. The van der Waals surface area contributed by atoms with Crippen molar-refractivity contribution in [1.82, 2.24) is 5.16 Å². The zero-order chi connectivity index (χ0) is 24.2. The van der Waals surface area contributed by atoms with E-state index in [0.717, 1.165) is 0 Å². The number of nitrogens with zero attached hydrogens (tertiary/aromatic N) is 2. The number of amides is 1. The first-order valence-electron chi connectivity index (χ1n) is 10.2. The van der Waals surface area contributed by atoms with Crippen LogP contribution in [0.15, 0.2) is 28.8 Å². The fourth-order valence-electron chi connectivity index (χ4n) is 4.90. The van der Waals surface area contributed by atoms with Gasteiger partial charge in [0, 0.05) is 35.1 Å². The Morgan fingerprint density at radius 3 is 2.36 bits per heavy atom. The molecule has 1 aromatic heterocycles. The molecule has 2 heterocycles. The summed E-state index contributed by atoms with van der Waals surface area (Å²) >= 11 is 5.79. The van der Waals surface area contributed by atoms with Gasteiger partial charge in [0.15, 0.2) is 5.82 Å². The molecule has 33 heavy (non-hydrogen) atoms. The highest BCUT2D eigenvalue weighted by molar-refractivity contribution is 6.30. The molecule has 12 heteroatoms. The van der Waals surface area contributed by atoms with E-state index < -0.39 is 47.5 Å². The Labute approximate surface area is 190 Å². The van der Waals surface area contributed by atoms with E-state index in [9.17, 15) is 31.1 Å². The molecule has 4 rings (SSSR count). The minimum atomic E-state index is -4.62. The van der Waals surface area contributed by atoms with E-state index in [1.54, 1.807) is 0 Å². The molecule has 1 amide bonds. The van der Waals surface area contributed by atoms with Crippen molar-refractivity contribution in [1.29, 1.82) is 0 Å². The third kappa shape index (κ3) is 4.92. The van der Waals surface area contributed by atoms with Gasteiger partial charge in [0.1, 0.15) is 11.3 Å². The summed E-state index contributed by atoms with van der Waals surface area (Å²) < 4.78 is 84.1. The number of benzene rings is 1. The molecule has 2 aromatic rings. The smallest absolute Gasteiger partial charge is 0.359 e. The lowest BCUT2D eigenvalue weighted by molar-refractivity contribution is -0.164. The topological polar surface area (TPSA) is 58.4 Å². The quantitative estimate of drug-likeness (QED) is 0.511. The Bertz CT molecular complexity index is 1020. The van der Waals surface area contributed by atoms with Crippen LogP contribution in [-0.4, -0.2) is 30.3 Å². The molecule has 2 aliphatic rings. The first kappa shape index (κ1) is 23.7. The van der Waals surface area contributed by atoms with Crippen molar-refractivity contribution in [3.8, 4) is 0 Å². The van der Waals surface area contributed by atoms with Crippen LogP contribution in [0.4, 0.5) is 37.8 Å². The molecule has 1 aliphatic heterocycles. The number of aryl methyl sites for hydroxylation is 1. The van der Waals surface area contributed by atoms with Crippen molar-refractivity contribution >= 4 is 29.0 Å². The third-order valence-corrected chi connectivity index (χ3v) is 6.59. The molecular weight excluding hydrogens is 476 g/mol. The van der Waals surface area contributed by atoms with Crippen LogP contribution < -0.4 is 10.2 Å². The van der Waals surface area contributed by atoms with Crippen LogP contribution >= 0.6 is 11.6 Å². The molecular formula is C21H20ClF6N3O2. The maximum Gasteiger partial charge on any atom is 0.423 e. The van der Waals surface area contributed by atoms with Crippen LogP contribution in [0.25, 0.3) is 0 Å². The van der Waals surface area contributed by atoms with E-state index in [1.807, 2.05) is 0 Å². The van der Waals surface area contributed by atoms with Gasteiger partial charge in [0.05, 0.1) is 6.42 Å². The number of alkyl halides is 6. The Balaban J connectivity index is 1.41. The first-order valence-corrected chi connectivity index (χ1v) is 10.6. The second-order valence-corrected chi connectivity index (χ2v) is 9.32. The summed E-state index contributed by atoms with van der Waals surface area (Å²) in [6.07, 6.45) is -9.79. The van der Waals surface area contributed by atoms with Crippen molar-refractivity contribution in [2.24, 2.45) is 17.3 Å². The zero-order valence-corrected chi connectivity index (χ0v) is 18.1. The number of anilines is 2. The molecule has 1 spiro atoms. The second kappa shape index (κ2) is 8.11. The molecule has 1 saturated heterocycles. The summed E-state index contributed by atoms with van der Waals surface area (Å²) in [6.45, 7) is 1.61. The first-order chi connectivity index (χ1) is 15.3. The molecule has 1 N–H and O–H groups in total. The van der Waals surface area contributed by atoms with Crippen LogP contribution in [0.3, 0.4) is 0 Å². The molecule has 0 radical (unpaired) electrons. The Hall–Kier alpha value is -2.43. The summed E-state index contributed by atoms with van der Waals surface area (Å²) in [7, 11) is 0. The van der Waals surface area contributed by atoms with Crippen molar-refractivity contribution in [2.75, 3.05) is 23.3 Å². The van der Waals surface area contributed by atoms with Crippen LogP contribution in [0.1, 0.15) is 30.6 Å². The number of hydrogen-bond acceptors (Lipinski definition) is 4. The van der Waals surface area contributed by atoms with E-state index in [1.165, 1.54) is 36.1 Å². The molecule has 2 fully saturated rings. The van der Waals surface area contributed by atoms with E-state index in [2.05, 4.69) is 10.5 Å². The Morgan fingerprint density at radius 2 is 1.82 bits per heavy atom. The average molecular weight is 496 g/mol. The normalized spacial score (nSPS) is 19.2. The number of nitrogens with one attached hydrogen (secondary N) is 1. The Kier molecular flexibility index (Phi) is 5.83. The third-order valence-electron chi connectivity index (χ3n) is 6.34. The van der Waals surface area contributed by atoms with Crippen LogP contribution in [-0.2, 0) is 11.0 Å². The van der Waals surface area contributed by atoms with Crippen molar-refractivity contribution in [3.05, 3.63) is 40.6 Å². The van der Waals surface area contributed by atoms with Crippen LogP contribution in [0.2, 0.25) is 5.02 Å². The maximum atomic E-state index is 13.3. The lowest BCUT2D eigenvalue weighted by atomic mass is 9.54. The molecule has 1 saturated carbocycles. The highest BCUT2D eigenvalue weighted by atomic mass is 35.5. The largest absolute Gasteiger partial charge is 0.423 e. The number of carbonyl (C=O) groups excluding carboxylic acids is 1. The van der Waals surface area contributed by atoms with Crippen LogP contribution in [0.5, 0.6) is 0 Å². The fraction of sp³-hybridized carbons (Fsp3) is 0.524. The van der Waals surface area contributed by atoms with Gasteiger partial charge in [-0.1, -0.05) is 16.8 Å². The Morgan fingerprint density at radius 1 is 1.21 bits per heavy atom. The molecule has 0 bridgehead atoms. The SMILES string of the molecule is Cc1onc(N2CC3(CC(C(CC(F)(F)F)C(=O)Nc4ccc(Cl)cc4)C3)C2)c1C(F)(F)F. The van der Waals surface area contributed by atoms with Crippen molar-refractivity contribution in [2.45, 2.75) is 38.5 Å². The minimum Gasteiger partial charge on any atom is -0.359 e. The van der Waals surface area contributed by atoms with E-state index in [4.69, 9.17) is 16.1 Å². The van der Waals surface area contributed by atoms with Gasteiger partial charge in [-0.15, -0.1) is 0 Å². The molecule has 1 aliphatic carbocycles. The lowest BCUT2D eigenvalue weighted by Crippen LogP contribution is -2.64. The van der Waals surface area contributed by atoms with Gasteiger partial charge in [0.2, 0.25) is 5.91 Å². The highest BCUT2D eigenvalue weighted by Crippen LogP contribution is 2.57. The minimum absolute atomic E-state index is 0.218. The van der Waals surface area contributed by atoms with Gasteiger partial charge in [-0.05, 0) is 49.9 Å². The number of rotatable bonds is 5. The molecule has 5 nitrogen and oxygen atoms in total. The standard InChI is InChI=1S/C21H20ClF6N3O2/c1-11-16(21(26,27)28)17(30-33-11)31-9-19(10-31)6-12(7-19)15(8-20(23,24)25)18(32)29-14-4-2-13(22)3-5-14/h2-5,12,15H,6-10H2,1H3,(H,29,32). The van der Waals surface area contributed by atoms with Gasteiger partial charge >= 0.3 is 12.4 Å². The molecule has 1 atom stereocenters. The second-order valence-electron chi connectivity index (χ2n) is 8.88. The van der Waals surface area contributed by atoms with Gasteiger partial charge in [-0.2, -0.15) is 26.3 Å². The van der Waals surface area contributed by atoms with Gasteiger partial charge in [0.25, 0.3) is 0 Å². The number of hydrogen-bond donors (Lipinski definition) is 1. The van der Waals surface area contributed by atoms with E-state index in [0.29, 0.717) is 23.6 Å².